The first-order valence-electron chi connectivity index (χ1n) is 27.3. The van der Waals surface area contributed by atoms with E-state index in [-0.39, 0.29) is 31.1 Å². The minimum atomic E-state index is -0.794. The second-order valence-electron chi connectivity index (χ2n) is 18.2. The van der Waals surface area contributed by atoms with Crippen LogP contribution in [0.1, 0.15) is 271 Å². The number of unbranched alkanes of at least 4 members (excludes halogenated alkanes) is 31. The Balaban J connectivity index is 4.41. The van der Waals surface area contributed by atoms with Crippen molar-refractivity contribution in [2.24, 2.45) is 0 Å². The fourth-order valence-electron chi connectivity index (χ4n) is 7.73. The van der Waals surface area contributed by atoms with Gasteiger partial charge in [0.15, 0.2) is 6.10 Å². The number of hydrogen-bond acceptors (Lipinski definition) is 6. The smallest absolute Gasteiger partial charge is 0.306 e. The molecule has 1 unspecified atom stereocenters. The third kappa shape index (κ3) is 50.1. The van der Waals surface area contributed by atoms with E-state index in [0.717, 1.165) is 96.3 Å². The lowest BCUT2D eigenvalue weighted by Crippen LogP contribution is -2.30. The highest BCUT2D eigenvalue weighted by Crippen LogP contribution is 2.16. The van der Waals surface area contributed by atoms with Crippen LogP contribution in [0.3, 0.4) is 0 Å². The van der Waals surface area contributed by atoms with E-state index in [0.29, 0.717) is 19.3 Å². The Hall–Kier alpha value is -2.89. The highest BCUT2D eigenvalue weighted by molar-refractivity contribution is 5.71. The molecule has 0 aromatic carbocycles. The zero-order chi connectivity index (χ0) is 46.5. The number of ether oxygens (including phenoxy) is 3. The lowest BCUT2D eigenvalue weighted by Gasteiger charge is -2.18. The number of carbonyl (C=O) groups excluding carboxylic acids is 3. The van der Waals surface area contributed by atoms with E-state index in [1.54, 1.807) is 0 Å². The summed E-state index contributed by atoms with van der Waals surface area (Å²) in [5.41, 5.74) is 0. The number of allylic oxidation sites excluding steroid dienone is 10. The predicted octanol–water partition coefficient (Wildman–Crippen LogP) is 18.0. The van der Waals surface area contributed by atoms with Crippen molar-refractivity contribution >= 4 is 17.9 Å². The number of esters is 3. The molecule has 0 spiro atoms. The second kappa shape index (κ2) is 52.7. The van der Waals surface area contributed by atoms with Crippen LogP contribution in [0.15, 0.2) is 60.8 Å². The van der Waals surface area contributed by atoms with Crippen LogP contribution in [0.4, 0.5) is 0 Å². The van der Waals surface area contributed by atoms with Crippen LogP contribution in [0, 0.1) is 0 Å². The summed E-state index contributed by atoms with van der Waals surface area (Å²) in [5.74, 6) is -0.929. The molecule has 0 heterocycles. The zero-order valence-electron chi connectivity index (χ0n) is 42.3. The normalized spacial score (nSPS) is 12.5. The van der Waals surface area contributed by atoms with Crippen molar-refractivity contribution in [1.82, 2.24) is 0 Å². The topological polar surface area (TPSA) is 78.9 Å². The zero-order valence-corrected chi connectivity index (χ0v) is 42.3. The average Bonchev–Trinajstić information content (AvgIpc) is 3.29. The molecule has 6 nitrogen and oxygen atoms in total. The van der Waals surface area contributed by atoms with Crippen molar-refractivity contribution in [3.63, 3.8) is 0 Å². The predicted molar refractivity (Wildman–Crippen MR) is 275 cm³/mol. The summed E-state index contributed by atoms with van der Waals surface area (Å²) < 4.78 is 16.8. The van der Waals surface area contributed by atoms with Crippen LogP contribution in [-0.4, -0.2) is 37.2 Å². The van der Waals surface area contributed by atoms with Gasteiger partial charge in [-0.1, -0.05) is 248 Å². The molecule has 64 heavy (non-hydrogen) atoms. The Labute approximate surface area is 396 Å². The molecule has 0 N–H and O–H groups in total. The van der Waals surface area contributed by atoms with Crippen molar-refractivity contribution in [2.45, 2.75) is 277 Å². The molecule has 0 aromatic heterocycles. The quantitative estimate of drug-likeness (QED) is 0.0262. The van der Waals surface area contributed by atoms with Gasteiger partial charge in [0.2, 0.25) is 0 Å². The summed E-state index contributed by atoms with van der Waals surface area (Å²) in [5, 5.41) is 0. The Morgan fingerprint density at radius 3 is 0.969 bits per heavy atom. The van der Waals surface area contributed by atoms with Gasteiger partial charge in [-0.25, -0.2) is 0 Å². The summed E-state index contributed by atoms with van der Waals surface area (Å²) in [6.07, 6.45) is 65.0. The SMILES string of the molecule is CC/C=C/C=C/C=C/CCCCCCCC(=O)OCC(COC(=O)CCCCCCCCCCCCCCCCCCC)OC(=O)CCCCC/C=C/C=C/CCCCCCCCC. The fourth-order valence-corrected chi connectivity index (χ4v) is 7.73. The summed E-state index contributed by atoms with van der Waals surface area (Å²) in [6.45, 7) is 6.48. The lowest BCUT2D eigenvalue weighted by atomic mass is 10.0. The van der Waals surface area contributed by atoms with Gasteiger partial charge in [-0.15, -0.1) is 0 Å². The van der Waals surface area contributed by atoms with Gasteiger partial charge in [0.05, 0.1) is 0 Å². The number of carbonyl (C=O) groups is 3. The fraction of sp³-hybridized carbons (Fsp3) is 0.776. The molecule has 0 aliphatic carbocycles. The Bertz CT molecular complexity index is 1170. The van der Waals surface area contributed by atoms with Crippen molar-refractivity contribution in [1.29, 1.82) is 0 Å². The Morgan fingerprint density at radius 1 is 0.328 bits per heavy atom. The van der Waals surface area contributed by atoms with Gasteiger partial charge in [0.1, 0.15) is 13.2 Å². The maximum atomic E-state index is 12.8. The number of hydrogen-bond donors (Lipinski definition) is 0. The first kappa shape index (κ1) is 61.1. The van der Waals surface area contributed by atoms with Crippen molar-refractivity contribution in [3.8, 4) is 0 Å². The van der Waals surface area contributed by atoms with Crippen LogP contribution in [0.5, 0.6) is 0 Å². The van der Waals surface area contributed by atoms with Gasteiger partial charge in [-0.3, -0.25) is 14.4 Å². The molecule has 0 fully saturated rings. The molecule has 0 amide bonds. The minimum absolute atomic E-state index is 0.0895. The van der Waals surface area contributed by atoms with Crippen molar-refractivity contribution in [3.05, 3.63) is 60.8 Å². The molecule has 0 rings (SSSR count). The Kier molecular flexibility index (Phi) is 50.4. The molecule has 0 saturated carbocycles. The highest BCUT2D eigenvalue weighted by atomic mass is 16.6. The molecular weight excluding hydrogens is 793 g/mol. The molecule has 1 atom stereocenters. The summed E-state index contributed by atoms with van der Waals surface area (Å²) in [7, 11) is 0. The molecule has 0 aliphatic rings. The van der Waals surface area contributed by atoms with E-state index in [1.165, 1.54) is 135 Å². The molecule has 0 radical (unpaired) electrons. The second-order valence-corrected chi connectivity index (χ2v) is 18.2. The van der Waals surface area contributed by atoms with Crippen LogP contribution in [0.25, 0.3) is 0 Å². The first-order valence-corrected chi connectivity index (χ1v) is 27.3. The van der Waals surface area contributed by atoms with Gasteiger partial charge in [0.25, 0.3) is 0 Å². The summed E-state index contributed by atoms with van der Waals surface area (Å²) in [4.78, 5) is 38.0. The van der Waals surface area contributed by atoms with Crippen LogP contribution in [0.2, 0.25) is 0 Å². The number of rotatable bonds is 49. The maximum absolute atomic E-state index is 12.8. The van der Waals surface area contributed by atoms with Crippen molar-refractivity contribution < 1.29 is 28.6 Å². The first-order chi connectivity index (χ1) is 31.5. The van der Waals surface area contributed by atoms with Gasteiger partial charge < -0.3 is 14.2 Å². The summed E-state index contributed by atoms with van der Waals surface area (Å²) in [6, 6.07) is 0. The maximum Gasteiger partial charge on any atom is 0.306 e. The van der Waals surface area contributed by atoms with E-state index in [9.17, 15) is 14.4 Å². The third-order valence-corrected chi connectivity index (χ3v) is 11.8. The van der Waals surface area contributed by atoms with Gasteiger partial charge in [0, 0.05) is 19.3 Å². The van der Waals surface area contributed by atoms with E-state index in [1.807, 2.05) is 0 Å². The van der Waals surface area contributed by atoms with Crippen LogP contribution >= 0.6 is 0 Å². The van der Waals surface area contributed by atoms with Crippen LogP contribution < -0.4 is 0 Å². The largest absolute Gasteiger partial charge is 0.462 e. The lowest BCUT2D eigenvalue weighted by molar-refractivity contribution is -0.167. The highest BCUT2D eigenvalue weighted by Gasteiger charge is 2.19. The molecule has 0 bridgehead atoms. The van der Waals surface area contributed by atoms with Gasteiger partial charge in [-0.05, 0) is 64.2 Å². The van der Waals surface area contributed by atoms with E-state index >= 15 is 0 Å². The van der Waals surface area contributed by atoms with Gasteiger partial charge in [-0.2, -0.15) is 0 Å². The third-order valence-electron chi connectivity index (χ3n) is 11.8. The van der Waals surface area contributed by atoms with Crippen LogP contribution in [-0.2, 0) is 28.6 Å². The minimum Gasteiger partial charge on any atom is -0.462 e. The Morgan fingerprint density at radius 2 is 0.609 bits per heavy atom. The van der Waals surface area contributed by atoms with Gasteiger partial charge >= 0.3 is 17.9 Å². The molecule has 6 heteroatoms. The standard InChI is InChI=1S/C58H102O6/c1-4-7-10-13-16-19-22-25-27-29-31-33-36-39-42-45-48-51-57(60)63-54-55(53-62-56(59)50-47-44-41-38-35-32-24-21-18-15-12-9-6-3)64-58(61)52-49-46-43-40-37-34-30-28-26-23-20-17-14-11-8-5-2/h9,12,15,18,21,24,28,30,34,37,55H,4-8,10-11,13-14,16-17,19-20,22-23,25-27,29,31-33,35-36,38-54H2,1-3H3/b12-9+,18-15+,24-21+,30-28+,37-34+. The average molecular weight is 895 g/mol. The molecule has 0 aromatic rings. The monoisotopic (exact) mass is 895 g/mol. The molecule has 0 aliphatic heterocycles. The van der Waals surface area contributed by atoms with E-state index in [4.69, 9.17) is 14.2 Å². The summed E-state index contributed by atoms with van der Waals surface area (Å²) >= 11 is 0. The molecule has 370 valence electrons. The van der Waals surface area contributed by atoms with E-state index < -0.39 is 6.10 Å². The molecule has 0 saturated heterocycles. The van der Waals surface area contributed by atoms with Crippen molar-refractivity contribution in [2.75, 3.05) is 13.2 Å². The van der Waals surface area contributed by atoms with E-state index in [2.05, 4.69) is 81.5 Å². The molecular formula is C58H102O6.